The van der Waals surface area contributed by atoms with Gasteiger partial charge in [-0.05, 0) is 6.42 Å². The number of hydrogen-bond donors (Lipinski definition) is 0. The summed E-state index contributed by atoms with van der Waals surface area (Å²) in [4.78, 5) is 11.0. The van der Waals surface area contributed by atoms with Gasteiger partial charge in [-0.3, -0.25) is 4.79 Å². The molecule has 0 saturated carbocycles. The van der Waals surface area contributed by atoms with Crippen molar-refractivity contribution in [1.29, 1.82) is 0 Å². The summed E-state index contributed by atoms with van der Waals surface area (Å²) >= 11 is 0. The molecule has 0 spiro atoms. The molecule has 0 N–H and O–H groups in total. The Hall–Kier alpha value is -1.13. The van der Waals surface area contributed by atoms with Crippen molar-refractivity contribution in [3.05, 3.63) is 11.6 Å². The van der Waals surface area contributed by atoms with Gasteiger partial charge in [-0.25, -0.2) is 0 Å². The van der Waals surface area contributed by atoms with E-state index in [4.69, 9.17) is 0 Å². The highest BCUT2D eigenvalue weighted by molar-refractivity contribution is 7.86. The second-order valence-corrected chi connectivity index (χ2v) is 6.53. The average molecular weight is 330 g/mol. The minimum Gasteiger partial charge on any atom is -0.469 e. The lowest BCUT2D eigenvalue weighted by Gasteiger charge is -2.30. The van der Waals surface area contributed by atoms with Crippen LogP contribution in [0.25, 0.3) is 0 Å². The SMILES string of the molecule is COC(=O)CCN(C)S(=O)(=O)N1CC=C(C(F)(F)F)CC1. The predicted octanol–water partition coefficient (Wildman–Crippen LogP) is 0.921. The van der Waals surface area contributed by atoms with E-state index in [0.29, 0.717) is 0 Å². The number of esters is 1. The van der Waals surface area contributed by atoms with E-state index < -0.39 is 27.9 Å². The van der Waals surface area contributed by atoms with Crippen molar-refractivity contribution in [3.8, 4) is 0 Å². The van der Waals surface area contributed by atoms with Gasteiger partial charge in [0.2, 0.25) is 0 Å². The highest BCUT2D eigenvalue weighted by Gasteiger charge is 2.37. The molecule has 1 rings (SSSR count). The van der Waals surface area contributed by atoms with E-state index in [-0.39, 0.29) is 32.5 Å². The molecular weight excluding hydrogens is 313 g/mol. The fourth-order valence-corrected chi connectivity index (χ4v) is 3.08. The molecule has 0 aromatic heterocycles. The summed E-state index contributed by atoms with van der Waals surface area (Å²) in [6.07, 6.45) is -4.06. The third-order valence-electron chi connectivity index (χ3n) is 3.11. The second kappa shape index (κ2) is 6.75. The van der Waals surface area contributed by atoms with Crippen LogP contribution in [0, 0.1) is 0 Å². The van der Waals surface area contributed by atoms with Crippen LogP contribution in [0.3, 0.4) is 0 Å². The summed E-state index contributed by atoms with van der Waals surface area (Å²) in [5.41, 5.74) is -0.717. The van der Waals surface area contributed by atoms with Gasteiger partial charge in [0.15, 0.2) is 0 Å². The van der Waals surface area contributed by atoms with E-state index in [0.717, 1.165) is 14.7 Å². The normalized spacial score (nSPS) is 17.7. The maximum atomic E-state index is 12.5. The van der Waals surface area contributed by atoms with Crippen molar-refractivity contribution in [2.75, 3.05) is 33.8 Å². The van der Waals surface area contributed by atoms with Crippen LogP contribution >= 0.6 is 0 Å². The van der Waals surface area contributed by atoms with Gasteiger partial charge in [0, 0.05) is 32.3 Å². The molecule has 1 heterocycles. The Bertz CT molecular complexity index is 516. The van der Waals surface area contributed by atoms with Gasteiger partial charge in [-0.2, -0.15) is 30.2 Å². The monoisotopic (exact) mass is 330 g/mol. The average Bonchev–Trinajstić information content (AvgIpc) is 2.43. The summed E-state index contributed by atoms with van der Waals surface area (Å²) in [7, 11) is -1.44. The molecule has 6 nitrogen and oxygen atoms in total. The van der Waals surface area contributed by atoms with Gasteiger partial charge in [0.1, 0.15) is 0 Å². The molecule has 21 heavy (non-hydrogen) atoms. The molecule has 1 aliphatic rings. The van der Waals surface area contributed by atoms with Gasteiger partial charge in [-0.1, -0.05) is 6.08 Å². The number of hydrogen-bond acceptors (Lipinski definition) is 4. The third-order valence-corrected chi connectivity index (χ3v) is 5.07. The second-order valence-electron chi connectivity index (χ2n) is 4.49. The van der Waals surface area contributed by atoms with Crippen molar-refractivity contribution < 1.29 is 31.1 Å². The lowest BCUT2D eigenvalue weighted by Crippen LogP contribution is -2.45. The maximum Gasteiger partial charge on any atom is 0.412 e. The van der Waals surface area contributed by atoms with E-state index >= 15 is 0 Å². The van der Waals surface area contributed by atoms with Crippen LogP contribution in [0.4, 0.5) is 13.2 Å². The van der Waals surface area contributed by atoms with E-state index in [9.17, 15) is 26.4 Å². The molecule has 122 valence electrons. The first-order valence-corrected chi connectivity index (χ1v) is 7.53. The number of alkyl halides is 3. The summed E-state index contributed by atoms with van der Waals surface area (Å²) < 4.78 is 68.0. The van der Waals surface area contributed by atoms with Crippen LogP contribution in [0.1, 0.15) is 12.8 Å². The first-order valence-electron chi connectivity index (χ1n) is 6.13. The van der Waals surface area contributed by atoms with Gasteiger partial charge in [-0.15, -0.1) is 0 Å². The highest BCUT2D eigenvalue weighted by Crippen LogP contribution is 2.30. The number of ether oxygens (including phenoxy) is 1. The Morgan fingerprint density at radius 1 is 1.48 bits per heavy atom. The molecule has 0 fully saturated rings. The molecule has 1 aliphatic heterocycles. The van der Waals surface area contributed by atoms with Crippen molar-refractivity contribution in [2.45, 2.75) is 19.0 Å². The number of halogens is 3. The zero-order chi connectivity index (χ0) is 16.3. The van der Waals surface area contributed by atoms with Crippen LogP contribution in [0.15, 0.2) is 11.6 Å². The molecule has 0 amide bonds. The van der Waals surface area contributed by atoms with Gasteiger partial charge in [0.05, 0.1) is 13.5 Å². The molecule has 0 unspecified atom stereocenters. The minimum atomic E-state index is -4.42. The predicted molar refractivity (Wildman–Crippen MR) is 68.5 cm³/mol. The third kappa shape index (κ3) is 4.68. The van der Waals surface area contributed by atoms with E-state index in [1.165, 1.54) is 14.2 Å². The molecular formula is C11H17F3N2O4S. The number of rotatable bonds is 5. The van der Waals surface area contributed by atoms with Crippen LogP contribution in [0.2, 0.25) is 0 Å². The fraction of sp³-hybridized carbons (Fsp3) is 0.727. The Morgan fingerprint density at radius 3 is 2.52 bits per heavy atom. The summed E-state index contributed by atoms with van der Waals surface area (Å²) in [6.45, 7) is -0.669. The zero-order valence-electron chi connectivity index (χ0n) is 11.7. The molecule has 0 aromatic rings. The van der Waals surface area contributed by atoms with Gasteiger partial charge >= 0.3 is 12.1 Å². The van der Waals surface area contributed by atoms with Crippen LogP contribution in [-0.2, 0) is 19.7 Å². The zero-order valence-corrected chi connectivity index (χ0v) is 12.5. The molecule has 0 aliphatic carbocycles. The van der Waals surface area contributed by atoms with Crippen LogP contribution in [0.5, 0.6) is 0 Å². The van der Waals surface area contributed by atoms with E-state index in [2.05, 4.69) is 4.74 Å². The van der Waals surface area contributed by atoms with Crippen LogP contribution in [-0.4, -0.2) is 63.0 Å². The first-order chi connectivity index (χ1) is 9.59. The lowest BCUT2D eigenvalue weighted by atomic mass is 10.1. The van der Waals surface area contributed by atoms with Crippen molar-refractivity contribution >= 4 is 16.2 Å². The largest absolute Gasteiger partial charge is 0.469 e. The molecule has 0 bridgehead atoms. The molecule has 0 saturated heterocycles. The number of carbonyl (C=O) groups excluding carboxylic acids is 1. The Labute approximate surface area is 121 Å². The number of carbonyl (C=O) groups is 1. The topological polar surface area (TPSA) is 66.9 Å². The lowest BCUT2D eigenvalue weighted by molar-refractivity contribution is -0.140. The smallest absolute Gasteiger partial charge is 0.412 e. The van der Waals surface area contributed by atoms with Crippen molar-refractivity contribution in [2.24, 2.45) is 0 Å². The van der Waals surface area contributed by atoms with Crippen molar-refractivity contribution in [3.63, 3.8) is 0 Å². The van der Waals surface area contributed by atoms with E-state index in [1.807, 2.05) is 0 Å². The van der Waals surface area contributed by atoms with Crippen LogP contribution < -0.4 is 0 Å². The Morgan fingerprint density at radius 2 is 2.10 bits per heavy atom. The quantitative estimate of drug-likeness (QED) is 0.555. The number of nitrogens with zero attached hydrogens (tertiary/aromatic N) is 2. The first kappa shape index (κ1) is 17.9. The van der Waals surface area contributed by atoms with E-state index in [1.54, 1.807) is 0 Å². The summed E-state index contributed by atoms with van der Waals surface area (Å²) in [5.74, 6) is -0.560. The summed E-state index contributed by atoms with van der Waals surface area (Å²) in [5, 5.41) is 0. The Kier molecular flexibility index (Phi) is 5.76. The standard InChI is InChI=1S/C11H17F3N2O4S/c1-15(6-5-10(17)20-2)21(18,19)16-7-3-9(4-8-16)11(12,13)14/h3H,4-8H2,1-2H3. The molecule has 10 heteroatoms. The highest BCUT2D eigenvalue weighted by atomic mass is 32.2. The van der Waals surface area contributed by atoms with Gasteiger partial charge < -0.3 is 4.74 Å². The van der Waals surface area contributed by atoms with Gasteiger partial charge in [0.25, 0.3) is 10.2 Å². The summed E-state index contributed by atoms with van der Waals surface area (Å²) in [6, 6.07) is 0. The maximum absolute atomic E-state index is 12.5. The molecule has 0 aromatic carbocycles. The molecule has 0 radical (unpaired) electrons. The molecule has 0 atom stereocenters. The van der Waals surface area contributed by atoms with Crippen molar-refractivity contribution in [1.82, 2.24) is 8.61 Å². The number of methoxy groups -OCH3 is 1. The fourth-order valence-electron chi connectivity index (χ4n) is 1.78. The Balaban J connectivity index is 2.68. The minimum absolute atomic E-state index is 0.0959.